The Kier molecular flexibility index (Phi) is 5.76. The van der Waals surface area contributed by atoms with Crippen molar-refractivity contribution in [3.8, 4) is 0 Å². The van der Waals surface area contributed by atoms with Gasteiger partial charge in [0.25, 0.3) is 0 Å². The van der Waals surface area contributed by atoms with Gasteiger partial charge >= 0.3 is 0 Å². The number of nitrogens with one attached hydrogen (secondary N) is 1. The molecule has 0 aliphatic rings. The molecule has 1 rings (SSSR count). The van der Waals surface area contributed by atoms with Crippen molar-refractivity contribution in [2.75, 3.05) is 13.1 Å². The van der Waals surface area contributed by atoms with Crippen LogP contribution in [0.3, 0.4) is 0 Å². The molecule has 0 saturated carbocycles. The van der Waals surface area contributed by atoms with Crippen molar-refractivity contribution in [1.29, 1.82) is 0 Å². The number of hydrogen-bond acceptors (Lipinski definition) is 2. The fourth-order valence-corrected chi connectivity index (χ4v) is 2.19. The number of hydrogen-bond donors (Lipinski definition) is 2. The number of halogens is 2. The number of rotatable bonds is 5. The maximum atomic E-state index is 9.94. The molecule has 0 aliphatic carbocycles. The summed E-state index contributed by atoms with van der Waals surface area (Å²) in [5.41, 5.74) is 0.765. The Bertz CT molecular complexity index is 344. The van der Waals surface area contributed by atoms with Crippen molar-refractivity contribution in [3.05, 3.63) is 33.3 Å². The first-order valence-electron chi connectivity index (χ1n) is 5.34. The van der Waals surface area contributed by atoms with E-state index in [-0.39, 0.29) is 0 Å². The van der Waals surface area contributed by atoms with Crippen LogP contribution in [0.4, 0.5) is 0 Å². The number of benzene rings is 1. The molecule has 1 unspecified atom stereocenters. The van der Waals surface area contributed by atoms with Crippen LogP contribution in [0.5, 0.6) is 0 Å². The fourth-order valence-electron chi connectivity index (χ4n) is 1.39. The summed E-state index contributed by atoms with van der Waals surface area (Å²) in [6, 6.07) is 5.52. The van der Waals surface area contributed by atoms with Gasteiger partial charge in [-0.2, -0.15) is 0 Å². The monoisotopic (exact) mass is 305 g/mol. The lowest BCUT2D eigenvalue weighted by Crippen LogP contribution is -2.25. The Labute approximate surface area is 110 Å². The summed E-state index contributed by atoms with van der Waals surface area (Å²) < 4.78 is 0.920. The molecule has 1 aromatic rings. The zero-order valence-electron chi connectivity index (χ0n) is 9.50. The van der Waals surface area contributed by atoms with E-state index in [4.69, 9.17) is 11.6 Å². The minimum atomic E-state index is -0.556. The zero-order valence-corrected chi connectivity index (χ0v) is 11.8. The number of aliphatic hydroxyl groups excluding tert-OH is 1. The summed E-state index contributed by atoms with van der Waals surface area (Å²) in [6.07, 6.45) is -0.556. The van der Waals surface area contributed by atoms with E-state index in [1.54, 1.807) is 6.07 Å². The molecule has 0 saturated heterocycles. The molecule has 1 atom stereocenters. The lowest BCUT2D eigenvalue weighted by Gasteiger charge is -2.15. The van der Waals surface area contributed by atoms with Crippen LogP contribution in [0.1, 0.15) is 25.5 Å². The van der Waals surface area contributed by atoms with Crippen molar-refractivity contribution >= 4 is 27.5 Å². The molecule has 2 nitrogen and oxygen atoms in total. The van der Waals surface area contributed by atoms with Gasteiger partial charge in [-0.1, -0.05) is 47.4 Å². The molecule has 0 aliphatic heterocycles. The molecule has 0 heterocycles. The zero-order chi connectivity index (χ0) is 12.1. The highest BCUT2D eigenvalue weighted by atomic mass is 79.9. The van der Waals surface area contributed by atoms with Crippen LogP contribution in [0.25, 0.3) is 0 Å². The van der Waals surface area contributed by atoms with Gasteiger partial charge in [-0.25, -0.2) is 0 Å². The SMILES string of the molecule is CC(C)CNCC(O)c1ccc(Br)cc1Cl. The largest absolute Gasteiger partial charge is 0.387 e. The average molecular weight is 307 g/mol. The molecule has 2 N–H and O–H groups in total. The molecule has 16 heavy (non-hydrogen) atoms. The third-order valence-corrected chi connectivity index (χ3v) is 3.03. The van der Waals surface area contributed by atoms with Crippen LogP contribution < -0.4 is 5.32 Å². The average Bonchev–Trinajstić information content (AvgIpc) is 2.16. The predicted octanol–water partition coefficient (Wildman–Crippen LogP) is 3.38. The Hall–Kier alpha value is -0.0900. The van der Waals surface area contributed by atoms with Crippen LogP contribution in [0.2, 0.25) is 5.02 Å². The van der Waals surface area contributed by atoms with Crippen LogP contribution in [0, 0.1) is 5.92 Å². The highest BCUT2D eigenvalue weighted by Crippen LogP contribution is 2.26. The lowest BCUT2D eigenvalue weighted by molar-refractivity contribution is 0.173. The summed E-state index contributed by atoms with van der Waals surface area (Å²) in [5.74, 6) is 0.576. The summed E-state index contributed by atoms with van der Waals surface area (Å²) in [4.78, 5) is 0. The molecule has 0 aromatic heterocycles. The van der Waals surface area contributed by atoms with Gasteiger partial charge < -0.3 is 10.4 Å². The van der Waals surface area contributed by atoms with E-state index in [0.717, 1.165) is 16.6 Å². The van der Waals surface area contributed by atoms with Gasteiger partial charge in [0.1, 0.15) is 0 Å². The smallest absolute Gasteiger partial charge is 0.0928 e. The van der Waals surface area contributed by atoms with Crippen molar-refractivity contribution in [1.82, 2.24) is 5.32 Å². The van der Waals surface area contributed by atoms with Crippen LogP contribution in [0.15, 0.2) is 22.7 Å². The Morgan fingerprint density at radius 2 is 2.06 bits per heavy atom. The predicted molar refractivity (Wildman–Crippen MR) is 71.8 cm³/mol. The quantitative estimate of drug-likeness (QED) is 0.874. The van der Waals surface area contributed by atoms with E-state index in [1.807, 2.05) is 12.1 Å². The first kappa shape index (κ1) is 14.0. The van der Waals surface area contributed by atoms with Gasteiger partial charge in [-0.15, -0.1) is 0 Å². The van der Waals surface area contributed by atoms with Gasteiger partial charge in [-0.3, -0.25) is 0 Å². The molecular formula is C12H17BrClNO. The molecule has 0 fully saturated rings. The summed E-state index contributed by atoms with van der Waals surface area (Å²) in [7, 11) is 0. The van der Waals surface area contributed by atoms with Crippen LogP contribution in [-0.2, 0) is 0 Å². The van der Waals surface area contributed by atoms with Crippen molar-refractivity contribution in [3.63, 3.8) is 0 Å². The van der Waals surface area contributed by atoms with Gasteiger partial charge in [0.15, 0.2) is 0 Å². The Balaban J connectivity index is 2.55. The third kappa shape index (κ3) is 4.42. The van der Waals surface area contributed by atoms with E-state index in [0.29, 0.717) is 17.5 Å². The summed E-state index contributed by atoms with van der Waals surface area (Å²) >= 11 is 9.38. The van der Waals surface area contributed by atoms with E-state index in [2.05, 4.69) is 35.1 Å². The van der Waals surface area contributed by atoms with E-state index in [1.165, 1.54) is 0 Å². The summed E-state index contributed by atoms with van der Waals surface area (Å²) in [6.45, 7) is 5.68. The van der Waals surface area contributed by atoms with Gasteiger partial charge in [-0.05, 0) is 24.6 Å². The molecule has 0 spiro atoms. The van der Waals surface area contributed by atoms with Gasteiger partial charge in [0.2, 0.25) is 0 Å². The maximum absolute atomic E-state index is 9.94. The topological polar surface area (TPSA) is 32.3 Å². The standard InChI is InChI=1S/C12H17BrClNO/c1-8(2)6-15-7-12(16)10-4-3-9(13)5-11(10)14/h3-5,8,12,15-16H,6-7H2,1-2H3. The second kappa shape index (κ2) is 6.60. The molecule has 0 bridgehead atoms. The van der Waals surface area contributed by atoms with Gasteiger partial charge in [0.05, 0.1) is 6.10 Å². The molecule has 1 aromatic carbocycles. The molecule has 0 amide bonds. The Morgan fingerprint density at radius 1 is 1.38 bits per heavy atom. The second-order valence-corrected chi connectivity index (χ2v) is 5.56. The van der Waals surface area contributed by atoms with E-state index >= 15 is 0 Å². The maximum Gasteiger partial charge on any atom is 0.0928 e. The van der Waals surface area contributed by atoms with Crippen molar-refractivity contribution in [2.45, 2.75) is 20.0 Å². The van der Waals surface area contributed by atoms with Crippen molar-refractivity contribution < 1.29 is 5.11 Å². The fraction of sp³-hybridized carbons (Fsp3) is 0.500. The highest BCUT2D eigenvalue weighted by molar-refractivity contribution is 9.10. The molecule has 4 heteroatoms. The molecule has 90 valence electrons. The molecule has 0 radical (unpaired) electrons. The highest BCUT2D eigenvalue weighted by Gasteiger charge is 2.11. The minimum Gasteiger partial charge on any atom is -0.387 e. The van der Waals surface area contributed by atoms with Crippen LogP contribution >= 0.6 is 27.5 Å². The van der Waals surface area contributed by atoms with E-state index < -0.39 is 6.10 Å². The third-order valence-electron chi connectivity index (χ3n) is 2.21. The van der Waals surface area contributed by atoms with E-state index in [9.17, 15) is 5.11 Å². The molecular weight excluding hydrogens is 289 g/mol. The number of aliphatic hydroxyl groups is 1. The Morgan fingerprint density at radius 3 is 2.62 bits per heavy atom. The van der Waals surface area contributed by atoms with Crippen LogP contribution in [-0.4, -0.2) is 18.2 Å². The van der Waals surface area contributed by atoms with Gasteiger partial charge in [0, 0.05) is 21.6 Å². The second-order valence-electron chi connectivity index (χ2n) is 4.23. The first-order chi connectivity index (χ1) is 7.50. The summed E-state index contributed by atoms with van der Waals surface area (Å²) in [5, 5.41) is 13.7. The normalized spacial score (nSPS) is 13.1. The first-order valence-corrected chi connectivity index (χ1v) is 6.51. The van der Waals surface area contributed by atoms with Crippen molar-refractivity contribution in [2.24, 2.45) is 5.92 Å². The lowest BCUT2D eigenvalue weighted by atomic mass is 10.1. The minimum absolute atomic E-state index is 0.527.